The van der Waals surface area contributed by atoms with Gasteiger partial charge in [0, 0.05) is 69.4 Å². The predicted octanol–water partition coefficient (Wildman–Crippen LogP) is 3.06. The summed E-state index contributed by atoms with van der Waals surface area (Å²) in [6.45, 7) is 18.4. The third kappa shape index (κ3) is 13.1. The maximum atomic E-state index is 14.6. The highest BCUT2D eigenvalue weighted by molar-refractivity contribution is 5.73. The van der Waals surface area contributed by atoms with E-state index in [-0.39, 0.29) is 43.6 Å². The molecule has 3 saturated heterocycles. The largest absolute Gasteiger partial charge is 0.459 e. The molecule has 5 rings (SSSR count). The molecular weight excluding hydrogens is 909 g/mol. The molecule has 398 valence electrons. The minimum Gasteiger partial charge on any atom is -0.459 e. The van der Waals surface area contributed by atoms with Crippen molar-refractivity contribution in [3.63, 3.8) is 0 Å². The third-order valence-corrected chi connectivity index (χ3v) is 15.9. The number of benzene rings is 1. The van der Waals surface area contributed by atoms with Crippen LogP contribution < -0.4 is 0 Å². The number of rotatable bonds is 14. The Hall–Kier alpha value is -3.25. The van der Waals surface area contributed by atoms with E-state index in [0.29, 0.717) is 38.0 Å². The minimum absolute atomic E-state index is 0.0198. The van der Waals surface area contributed by atoms with Gasteiger partial charge in [0.05, 0.1) is 64.8 Å². The lowest BCUT2D eigenvalue weighted by molar-refractivity contribution is -0.384. The first-order valence-corrected chi connectivity index (χ1v) is 25.1. The third-order valence-electron chi connectivity index (χ3n) is 15.9. The lowest BCUT2D eigenvalue weighted by Gasteiger charge is -2.51. The Morgan fingerprint density at radius 1 is 1.01 bits per heavy atom. The average Bonchev–Trinajstić information content (AvgIpc) is 3.78. The Morgan fingerprint density at radius 2 is 1.67 bits per heavy atom. The molecule has 3 aliphatic heterocycles. The van der Waals surface area contributed by atoms with Crippen molar-refractivity contribution in [3.8, 4) is 0 Å². The number of hydrogen-bond acceptors (Lipinski definition) is 18. The van der Waals surface area contributed by atoms with Gasteiger partial charge < -0.3 is 64.1 Å². The number of cyclic esters (lactones) is 1. The molecule has 20 heteroatoms. The average molecular weight is 993 g/mol. The number of hydrogen-bond donors (Lipinski definition) is 6. The molecule has 20 nitrogen and oxygen atoms in total. The number of carbonyl (C=O) groups excluding carboxylic acids is 1. The molecule has 70 heavy (non-hydrogen) atoms. The number of nitrogens with zero attached hydrogens (tertiary/aromatic N) is 6. The van der Waals surface area contributed by atoms with E-state index in [1.807, 2.05) is 44.7 Å². The van der Waals surface area contributed by atoms with Gasteiger partial charge >= 0.3 is 5.97 Å². The normalized spacial score (nSPS) is 40.3. The van der Waals surface area contributed by atoms with Gasteiger partial charge in [-0.2, -0.15) is 0 Å². The van der Waals surface area contributed by atoms with Gasteiger partial charge in [0.15, 0.2) is 6.29 Å². The lowest BCUT2D eigenvalue weighted by atomic mass is 9.68. The number of esters is 1. The van der Waals surface area contributed by atoms with Crippen molar-refractivity contribution in [2.45, 2.75) is 198 Å². The Kier molecular flexibility index (Phi) is 19.6. The van der Waals surface area contributed by atoms with Crippen LogP contribution in [0.3, 0.4) is 0 Å². The number of aliphatic hydroxyl groups excluding tert-OH is 4. The van der Waals surface area contributed by atoms with Crippen LogP contribution in [0.2, 0.25) is 0 Å². The van der Waals surface area contributed by atoms with Gasteiger partial charge in [0.2, 0.25) is 0 Å². The molecule has 1 unspecified atom stereocenters. The van der Waals surface area contributed by atoms with E-state index in [2.05, 4.69) is 10.3 Å². The molecule has 6 N–H and O–H groups in total. The number of aromatic nitrogens is 3. The Morgan fingerprint density at radius 3 is 2.27 bits per heavy atom. The summed E-state index contributed by atoms with van der Waals surface area (Å²) in [4.78, 5) is 29.2. The van der Waals surface area contributed by atoms with Gasteiger partial charge in [-0.3, -0.25) is 14.9 Å². The molecule has 3 aliphatic rings. The fraction of sp³-hybridized carbons (Fsp3) is 0.820. The van der Waals surface area contributed by atoms with Gasteiger partial charge in [-0.25, -0.2) is 4.68 Å². The molecule has 1 aromatic carbocycles. The number of ether oxygens (including phenoxy) is 5. The van der Waals surface area contributed by atoms with Crippen LogP contribution in [0.15, 0.2) is 30.5 Å². The van der Waals surface area contributed by atoms with Crippen LogP contribution >= 0.6 is 0 Å². The van der Waals surface area contributed by atoms with Crippen molar-refractivity contribution in [1.29, 1.82) is 0 Å². The summed E-state index contributed by atoms with van der Waals surface area (Å²) < 4.78 is 33.7. The maximum absolute atomic E-state index is 14.6. The summed E-state index contributed by atoms with van der Waals surface area (Å²) in [5, 5.41) is 90.0. The fourth-order valence-corrected chi connectivity index (χ4v) is 11.5. The first kappa shape index (κ1) is 57.6. The molecule has 0 amide bonds. The molecule has 1 aromatic heterocycles. The fourth-order valence-electron chi connectivity index (χ4n) is 11.5. The summed E-state index contributed by atoms with van der Waals surface area (Å²) in [5.41, 5.74) is -3.09. The molecule has 0 bridgehead atoms. The predicted molar refractivity (Wildman–Crippen MR) is 258 cm³/mol. The molecule has 2 aromatic rings. The van der Waals surface area contributed by atoms with Gasteiger partial charge in [-0.15, -0.1) is 5.10 Å². The quantitative estimate of drug-likeness (QED) is 0.0902. The van der Waals surface area contributed by atoms with Crippen molar-refractivity contribution in [2.24, 2.45) is 23.7 Å². The van der Waals surface area contributed by atoms with Gasteiger partial charge in [-0.05, 0) is 98.7 Å². The number of likely N-dealkylation sites (N-methyl/N-ethyl adjacent to an activating group) is 2. The van der Waals surface area contributed by atoms with Crippen LogP contribution in [0.5, 0.6) is 0 Å². The summed E-state index contributed by atoms with van der Waals surface area (Å²) in [5.74, 6) is -3.26. The van der Waals surface area contributed by atoms with Crippen molar-refractivity contribution in [3.05, 3.63) is 51.8 Å². The molecule has 0 saturated carbocycles. The van der Waals surface area contributed by atoms with E-state index in [0.717, 1.165) is 5.56 Å². The zero-order chi connectivity index (χ0) is 52.2. The Labute approximate surface area is 413 Å². The molecule has 19 atom stereocenters. The number of aliphatic hydroxyl groups is 6. The van der Waals surface area contributed by atoms with E-state index in [9.17, 15) is 45.5 Å². The smallest absolute Gasteiger partial charge is 0.309 e. The summed E-state index contributed by atoms with van der Waals surface area (Å²) >= 11 is 0. The van der Waals surface area contributed by atoms with Gasteiger partial charge in [-0.1, -0.05) is 45.0 Å². The molecule has 0 radical (unpaired) electrons. The highest BCUT2D eigenvalue weighted by atomic mass is 16.7. The number of methoxy groups -OCH3 is 1. The topological polar surface area (TPSA) is 265 Å². The second kappa shape index (κ2) is 23.7. The standard InChI is InChI=1S/C50H84N6O14/c1-14-40-50(10,63)43(59)32(6)54(12)25-28(2)23-48(8,62)45(30(4)41(31(5)46(61)69-40)39-24-49(9,66-13)44(60)33(7)68-39)70-47-42(58)38(21-29(3)67-47)53(11)20-19-35-26-55(52-51-35)37(27-57)22-34-15-17-36(18-16-34)56(64)65/h15-18,26,28-33,37-45,47,57-60,62-63H,14,19-25,27H2,1-13H3/t28-,29-,30+,31-,32-,33+,37+,38+,39?,40-,41+,42-,43-,44+,45-,47+,48-,49-,50-/m1/s1. The Balaban J connectivity index is 1.45. The summed E-state index contributed by atoms with van der Waals surface area (Å²) in [7, 11) is 5.25. The zero-order valence-corrected chi connectivity index (χ0v) is 43.6. The number of nitro benzene ring substituents is 1. The number of carbonyl (C=O) groups is 1. The van der Waals surface area contributed by atoms with Crippen molar-refractivity contribution in [2.75, 3.05) is 40.9 Å². The lowest BCUT2D eigenvalue weighted by Crippen LogP contribution is -2.62. The van der Waals surface area contributed by atoms with Crippen LogP contribution in [0.25, 0.3) is 0 Å². The van der Waals surface area contributed by atoms with Crippen molar-refractivity contribution in [1.82, 2.24) is 24.8 Å². The first-order chi connectivity index (χ1) is 32.7. The summed E-state index contributed by atoms with van der Waals surface area (Å²) in [6.07, 6.45) is -5.12. The zero-order valence-electron chi connectivity index (χ0n) is 43.6. The van der Waals surface area contributed by atoms with Gasteiger partial charge in [0.1, 0.15) is 30.0 Å². The molecular formula is C50H84N6O14. The van der Waals surface area contributed by atoms with E-state index in [1.165, 1.54) is 26.2 Å². The number of non-ortho nitro benzene ring substituents is 1. The van der Waals surface area contributed by atoms with Crippen molar-refractivity contribution < 1.29 is 64.0 Å². The molecule has 0 spiro atoms. The second-order valence-electron chi connectivity index (χ2n) is 21.7. The van der Waals surface area contributed by atoms with E-state index in [4.69, 9.17) is 23.7 Å². The van der Waals surface area contributed by atoms with Crippen LogP contribution in [0.1, 0.15) is 112 Å². The van der Waals surface area contributed by atoms with E-state index in [1.54, 1.807) is 64.6 Å². The minimum atomic E-state index is -1.83. The van der Waals surface area contributed by atoms with Gasteiger partial charge in [0.25, 0.3) is 5.69 Å². The van der Waals surface area contributed by atoms with E-state index < -0.39 is 113 Å². The summed E-state index contributed by atoms with van der Waals surface area (Å²) in [6, 6.07) is 4.67. The maximum Gasteiger partial charge on any atom is 0.309 e. The Bertz CT molecular complexity index is 1990. The van der Waals surface area contributed by atoms with Crippen LogP contribution in [0, 0.1) is 33.8 Å². The number of nitro groups is 1. The second-order valence-corrected chi connectivity index (χ2v) is 21.7. The SMILES string of the molecule is CC[C@H]1OC(=O)[C@H](C)[C@@H](C2C[C@@](C)(OC)[C@@H](O)[C@H](C)O2)[C@H](C)[C@@H](O[C@@H]2O[C@H](C)C[C@H](N(C)CCc3cn([C@H](CO)Cc4ccc([N+](=O)[O-])cc4)nn3)[C@H]2O)[C@](C)(O)C[C@@H](C)CN(C)[C@H](C)[C@@H](O)[C@]1(C)O. The first-order valence-electron chi connectivity index (χ1n) is 25.1. The molecule has 4 heterocycles. The van der Waals surface area contributed by atoms with Crippen molar-refractivity contribution >= 4 is 11.7 Å². The monoisotopic (exact) mass is 993 g/mol. The van der Waals surface area contributed by atoms with Crippen LogP contribution in [-0.2, 0) is 41.3 Å². The van der Waals surface area contributed by atoms with Crippen LogP contribution in [-0.4, -0.2) is 191 Å². The van der Waals surface area contributed by atoms with Crippen LogP contribution in [0.4, 0.5) is 5.69 Å². The molecule has 0 aliphatic carbocycles. The highest BCUT2D eigenvalue weighted by Gasteiger charge is 2.55. The highest BCUT2D eigenvalue weighted by Crippen LogP contribution is 2.45. The molecule has 3 fully saturated rings. The van der Waals surface area contributed by atoms with E-state index >= 15 is 0 Å².